The molecule has 1 aliphatic heterocycles. The normalized spacial score (nSPS) is 14.0. The standard InChI is InChI=1S/C29H37NO8/c1-5-9-20-23(14-11-19-12-16-25(37-26(19)20)38-29(32)33)35-17-8-18-36-24-15-13-22(28(31)30-4)27(34-7-3)21(24)10-6-2/h6,11,13-15,25H,2,5,7-10,12,16-18H2,1,3-4H3,(H,30,31)(H,32,33). The maximum Gasteiger partial charge on any atom is 0.508 e. The molecular formula is C29H37NO8. The number of rotatable bonds is 14. The van der Waals surface area contributed by atoms with Gasteiger partial charge >= 0.3 is 6.16 Å². The van der Waals surface area contributed by atoms with E-state index in [1.807, 2.05) is 19.1 Å². The highest BCUT2D eigenvalue weighted by molar-refractivity contribution is 5.97. The molecule has 206 valence electrons. The second kappa shape index (κ2) is 14.2. The van der Waals surface area contributed by atoms with Gasteiger partial charge in [0.2, 0.25) is 6.29 Å². The van der Waals surface area contributed by atoms with Crippen molar-refractivity contribution in [3.63, 3.8) is 0 Å². The molecule has 1 heterocycles. The Kier molecular flexibility index (Phi) is 10.7. The molecule has 38 heavy (non-hydrogen) atoms. The lowest BCUT2D eigenvalue weighted by Gasteiger charge is -2.27. The Morgan fingerprint density at radius 1 is 1.11 bits per heavy atom. The minimum Gasteiger partial charge on any atom is -0.493 e. The molecule has 2 aromatic rings. The molecule has 2 N–H and O–H groups in total. The lowest BCUT2D eigenvalue weighted by molar-refractivity contribution is -0.0640. The SMILES string of the molecule is C=CCc1c(OCCCOc2ccc3c(c2CCC)OC(OC(=O)O)CC3)ccc(C(=O)NC)c1OCC. The average molecular weight is 528 g/mol. The van der Waals surface area contributed by atoms with Gasteiger partial charge in [0.1, 0.15) is 23.0 Å². The summed E-state index contributed by atoms with van der Waals surface area (Å²) in [7, 11) is 1.58. The number of hydrogen-bond acceptors (Lipinski definition) is 7. The fraction of sp³-hybridized carbons (Fsp3) is 0.448. The zero-order valence-electron chi connectivity index (χ0n) is 22.3. The highest BCUT2D eigenvalue weighted by atomic mass is 16.8. The van der Waals surface area contributed by atoms with E-state index in [2.05, 4.69) is 18.8 Å². The van der Waals surface area contributed by atoms with Crippen LogP contribution in [0.2, 0.25) is 0 Å². The molecule has 9 nitrogen and oxygen atoms in total. The molecule has 0 aliphatic carbocycles. The lowest BCUT2D eigenvalue weighted by atomic mass is 9.98. The molecule has 0 bridgehead atoms. The molecule has 0 radical (unpaired) electrons. The summed E-state index contributed by atoms with van der Waals surface area (Å²) in [6.07, 6.45) is 3.45. The Bertz CT molecular complexity index is 1130. The molecule has 1 unspecified atom stereocenters. The van der Waals surface area contributed by atoms with Crippen LogP contribution in [-0.4, -0.2) is 50.3 Å². The topological polar surface area (TPSA) is 113 Å². The van der Waals surface area contributed by atoms with E-state index in [9.17, 15) is 9.59 Å². The highest BCUT2D eigenvalue weighted by Gasteiger charge is 2.27. The van der Waals surface area contributed by atoms with E-state index in [0.717, 1.165) is 29.5 Å². The highest BCUT2D eigenvalue weighted by Crippen LogP contribution is 2.38. The second-order valence-corrected chi connectivity index (χ2v) is 8.72. The van der Waals surface area contributed by atoms with Gasteiger partial charge in [-0.15, -0.1) is 6.58 Å². The number of nitrogens with one attached hydrogen (secondary N) is 1. The zero-order chi connectivity index (χ0) is 27.5. The first-order chi connectivity index (χ1) is 18.4. The molecule has 0 spiro atoms. The third-order valence-electron chi connectivity index (χ3n) is 6.06. The Balaban J connectivity index is 1.67. The molecular weight excluding hydrogens is 490 g/mol. The van der Waals surface area contributed by atoms with Crippen LogP contribution >= 0.6 is 0 Å². The smallest absolute Gasteiger partial charge is 0.493 e. The van der Waals surface area contributed by atoms with Crippen LogP contribution in [0.1, 0.15) is 60.2 Å². The number of carbonyl (C=O) groups excluding carboxylic acids is 1. The van der Waals surface area contributed by atoms with Gasteiger partial charge in [0.25, 0.3) is 5.91 Å². The van der Waals surface area contributed by atoms with Gasteiger partial charge in [0.05, 0.1) is 25.4 Å². The van der Waals surface area contributed by atoms with Crippen molar-refractivity contribution < 1.29 is 38.4 Å². The second-order valence-electron chi connectivity index (χ2n) is 8.72. The minimum absolute atomic E-state index is 0.225. The monoisotopic (exact) mass is 527 g/mol. The summed E-state index contributed by atoms with van der Waals surface area (Å²) < 4.78 is 28.7. The maximum atomic E-state index is 12.3. The summed E-state index contributed by atoms with van der Waals surface area (Å²) in [5.74, 6) is 2.29. The van der Waals surface area contributed by atoms with E-state index in [4.69, 9.17) is 28.8 Å². The summed E-state index contributed by atoms with van der Waals surface area (Å²) in [4.78, 5) is 23.3. The van der Waals surface area contributed by atoms with Crippen LogP contribution in [0, 0.1) is 0 Å². The number of hydrogen-bond donors (Lipinski definition) is 2. The largest absolute Gasteiger partial charge is 0.508 e. The van der Waals surface area contributed by atoms with Crippen molar-refractivity contribution in [2.24, 2.45) is 0 Å². The average Bonchev–Trinajstić information content (AvgIpc) is 2.90. The Morgan fingerprint density at radius 2 is 1.82 bits per heavy atom. The first-order valence-electron chi connectivity index (χ1n) is 13.0. The molecule has 3 rings (SSSR count). The van der Waals surface area contributed by atoms with E-state index in [1.165, 1.54) is 0 Å². The minimum atomic E-state index is -1.35. The molecule has 2 aromatic carbocycles. The van der Waals surface area contributed by atoms with Gasteiger partial charge in [-0.2, -0.15) is 0 Å². The first-order valence-corrected chi connectivity index (χ1v) is 13.0. The zero-order valence-corrected chi connectivity index (χ0v) is 22.3. The van der Waals surface area contributed by atoms with Crippen LogP contribution in [0.25, 0.3) is 0 Å². The van der Waals surface area contributed by atoms with Gasteiger partial charge in [0, 0.05) is 31.0 Å². The van der Waals surface area contributed by atoms with E-state index >= 15 is 0 Å². The van der Waals surface area contributed by atoms with Crippen molar-refractivity contribution in [3.8, 4) is 23.0 Å². The number of allylic oxidation sites excluding steroid dienone is 1. The molecule has 0 fully saturated rings. The quantitative estimate of drug-likeness (QED) is 0.193. The first kappa shape index (κ1) is 28.7. The van der Waals surface area contributed by atoms with Crippen molar-refractivity contribution in [3.05, 3.63) is 59.2 Å². The summed E-state index contributed by atoms with van der Waals surface area (Å²) in [5, 5.41) is 11.6. The van der Waals surface area contributed by atoms with Crippen molar-refractivity contribution in [1.29, 1.82) is 0 Å². The van der Waals surface area contributed by atoms with Crippen LogP contribution in [0.4, 0.5) is 4.79 Å². The van der Waals surface area contributed by atoms with Crippen molar-refractivity contribution in [2.75, 3.05) is 26.9 Å². The summed E-state index contributed by atoms with van der Waals surface area (Å²) in [6, 6.07) is 7.39. The van der Waals surface area contributed by atoms with Gasteiger partial charge in [-0.05, 0) is 49.9 Å². The molecule has 0 saturated carbocycles. The number of carboxylic acid groups (broad SMARTS) is 1. The Morgan fingerprint density at radius 3 is 2.45 bits per heavy atom. The number of aryl methyl sites for hydroxylation is 1. The summed E-state index contributed by atoms with van der Waals surface area (Å²) in [6.45, 7) is 8.99. The van der Waals surface area contributed by atoms with Gasteiger partial charge in [-0.3, -0.25) is 4.79 Å². The van der Waals surface area contributed by atoms with Gasteiger partial charge in [-0.25, -0.2) is 4.79 Å². The predicted octanol–water partition coefficient (Wildman–Crippen LogP) is 5.32. The fourth-order valence-electron chi connectivity index (χ4n) is 4.41. The van der Waals surface area contributed by atoms with Crippen molar-refractivity contribution in [2.45, 2.75) is 58.7 Å². The summed E-state index contributed by atoms with van der Waals surface area (Å²) >= 11 is 0. The predicted molar refractivity (Wildman–Crippen MR) is 143 cm³/mol. The van der Waals surface area contributed by atoms with Crippen LogP contribution in [0.3, 0.4) is 0 Å². The van der Waals surface area contributed by atoms with Crippen LogP contribution in [0.5, 0.6) is 23.0 Å². The number of benzene rings is 2. The van der Waals surface area contributed by atoms with Crippen molar-refractivity contribution >= 4 is 12.1 Å². The van der Waals surface area contributed by atoms with E-state index < -0.39 is 12.4 Å². The Labute approximate surface area is 223 Å². The molecule has 1 atom stereocenters. The van der Waals surface area contributed by atoms with E-state index in [-0.39, 0.29) is 5.91 Å². The molecule has 1 aliphatic rings. The third-order valence-corrected chi connectivity index (χ3v) is 6.06. The van der Waals surface area contributed by atoms with Crippen LogP contribution < -0.4 is 24.3 Å². The van der Waals surface area contributed by atoms with E-state index in [0.29, 0.717) is 74.1 Å². The maximum absolute atomic E-state index is 12.3. The van der Waals surface area contributed by atoms with Crippen LogP contribution in [0.15, 0.2) is 36.9 Å². The van der Waals surface area contributed by atoms with Gasteiger partial charge < -0.3 is 34.1 Å². The number of carbonyl (C=O) groups is 2. The number of fused-ring (bicyclic) bond motifs is 1. The van der Waals surface area contributed by atoms with E-state index in [1.54, 1.807) is 25.3 Å². The van der Waals surface area contributed by atoms with Gasteiger partial charge in [-0.1, -0.05) is 25.5 Å². The molecule has 0 aromatic heterocycles. The van der Waals surface area contributed by atoms with Crippen molar-refractivity contribution in [1.82, 2.24) is 5.32 Å². The number of amides is 1. The summed E-state index contributed by atoms with van der Waals surface area (Å²) in [5.41, 5.74) is 3.17. The fourth-order valence-corrected chi connectivity index (χ4v) is 4.41. The molecule has 1 amide bonds. The third kappa shape index (κ3) is 7.12. The number of ether oxygens (including phenoxy) is 5. The lowest BCUT2D eigenvalue weighted by Crippen LogP contribution is -2.28. The molecule has 9 heteroatoms. The molecule has 0 saturated heterocycles. The Hall–Kier alpha value is -3.88. The van der Waals surface area contributed by atoms with Gasteiger partial charge in [0.15, 0.2) is 0 Å². The van der Waals surface area contributed by atoms with Crippen LogP contribution in [-0.2, 0) is 24.0 Å².